The number of anilines is 1. The van der Waals surface area contributed by atoms with Crippen molar-refractivity contribution in [2.24, 2.45) is 5.92 Å². The number of hydrogen-bond donors (Lipinski definition) is 2. The van der Waals surface area contributed by atoms with Gasteiger partial charge in [-0.05, 0) is 18.4 Å². The van der Waals surface area contributed by atoms with Crippen LogP contribution in [0.2, 0.25) is 5.02 Å². The van der Waals surface area contributed by atoms with Crippen LogP contribution in [0.15, 0.2) is 18.2 Å². The van der Waals surface area contributed by atoms with Gasteiger partial charge in [0.1, 0.15) is 0 Å². The van der Waals surface area contributed by atoms with E-state index >= 15 is 0 Å². The van der Waals surface area contributed by atoms with Crippen molar-refractivity contribution in [3.8, 4) is 0 Å². The summed E-state index contributed by atoms with van der Waals surface area (Å²) in [5.41, 5.74) is 0.553. The van der Waals surface area contributed by atoms with Gasteiger partial charge in [0.15, 0.2) is 0 Å². The molecule has 0 amide bonds. The topological polar surface area (TPSA) is 75.4 Å². The van der Waals surface area contributed by atoms with E-state index in [1.165, 1.54) is 12.1 Å². The normalized spacial score (nSPS) is 12.5. The van der Waals surface area contributed by atoms with E-state index in [1.807, 2.05) is 0 Å². The van der Waals surface area contributed by atoms with Gasteiger partial charge in [0.25, 0.3) is 5.69 Å². The van der Waals surface area contributed by atoms with Crippen LogP contribution in [0.5, 0.6) is 0 Å². The Hall–Kier alpha value is -1.33. The molecule has 0 aliphatic heterocycles. The quantitative estimate of drug-likeness (QED) is 0.616. The molecule has 1 aromatic rings. The lowest BCUT2D eigenvalue weighted by Crippen LogP contribution is -2.25. The monoisotopic (exact) mass is 272 g/mol. The second-order valence-electron chi connectivity index (χ2n) is 4.57. The van der Waals surface area contributed by atoms with Crippen LogP contribution in [0, 0.1) is 16.0 Å². The standard InChI is InChI=1S/C12H17ClN2O3/c1-8(2)5-9(7-16)14-12-4-3-10(15(17)18)6-11(12)13/h3-4,6,8-9,14,16H,5,7H2,1-2H3. The van der Waals surface area contributed by atoms with Crippen LogP contribution in [0.25, 0.3) is 0 Å². The SMILES string of the molecule is CC(C)CC(CO)Nc1ccc([N+](=O)[O-])cc1Cl. The smallest absolute Gasteiger partial charge is 0.271 e. The summed E-state index contributed by atoms with van der Waals surface area (Å²) < 4.78 is 0. The summed E-state index contributed by atoms with van der Waals surface area (Å²) in [7, 11) is 0. The summed E-state index contributed by atoms with van der Waals surface area (Å²) in [6.07, 6.45) is 0.795. The Bertz CT molecular complexity index is 424. The molecule has 0 aliphatic carbocycles. The molecule has 0 aliphatic rings. The van der Waals surface area contributed by atoms with E-state index in [4.69, 9.17) is 11.6 Å². The molecular weight excluding hydrogens is 256 g/mol. The Labute approximate surface area is 111 Å². The highest BCUT2D eigenvalue weighted by molar-refractivity contribution is 6.33. The van der Waals surface area contributed by atoms with Gasteiger partial charge in [-0.2, -0.15) is 0 Å². The fraction of sp³-hybridized carbons (Fsp3) is 0.500. The number of non-ortho nitro benzene ring substituents is 1. The molecule has 100 valence electrons. The van der Waals surface area contributed by atoms with Crippen LogP contribution in [0.1, 0.15) is 20.3 Å². The van der Waals surface area contributed by atoms with Gasteiger partial charge in [0, 0.05) is 18.2 Å². The van der Waals surface area contributed by atoms with Crippen molar-refractivity contribution in [3.05, 3.63) is 33.3 Å². The highest BCUT2D eigenvalue weighted by Crippen LogP contribution is 2.27. The van der Waals surface area contributed by atoms with Gasteiger partial charge in [-0.3, -0.25) is 10.1 Å². The molecule has 0 bridgehead atoms. The van der Waals surface area contributed by atoms with Crippen LogP contribution in [-0.2, 0) is 0 Å². The van der Waals surface area contributed by atoms with Gasteiger partial charge in [-0.25, -0.2) is 0 Å². The first-order chi connectivity index (χ1) is 8.43. The minimum Gasteiger partial charge on any atom is -0.394 e. The zero-order chi connectivity index (χ0) is 13.7. The number of benzene rings is 1. The van der Waals surface area contributed by atoms with E-state index in [9.17, 15) is 15.2 Å². The Kier molecular flexibility index (Phi) is 5.37. The summed E-state index contributed by atoms with van der Waals surface area (Å²) in [5, 5.41) is 23.2. The zero-order valence-corrected chi connectivity index (χ0v) is 11.1. The number of rotatable bonds is 6. The first-order valence-corrected chi connectivity index (χ1v) is 6.13. The first kappa shape index (κ1) is 14.7. The Morgan fingerprint density at radius 1 is 1.50 bits per heavy atom. The fourth-order valence-corrected chi connectivity index (χ4v) is 1.93. The Morgan fingerprint density at radius 2 is 2.17 bits per heavy atom. The van der Waals surface area contributed by atoms with Crippen LogP contribution >= 0.6 is 11.6 Å². The summed E-state index contributed by atoms with van der Waals surface area (Å²) in [6.45, 7) is 4.11. The zero-order valence-electron chi connectivity index (χ0n) is 10.4. The lowest BCUT2D eigenvalue weighted by Gasteiger charge is -2.20. The maximum Gasteiger partial charge on any atom is 0.271 e. The highest BCUT2D eigenvalue weighted by Gasteiger charge is 2.14. The van der Waals surface area contributed by atoms with E-state index in [-0.39, 0.29) is 23.4 Å². The predicted octanol–water partition coefficient (Wildman–Crippen LogP) is 3.07. The molecule has 6 heteroatoms. The average molecular weight is 273 g/mol. The lowest BCUT2D eigenvalue weighted by molar-refractivity contribution is -0.384. The first-order valence-electron chi connectivity index (χ1n) is 5.75. The van der Waals surface area contributed by atoms with Crippen molar-refractivity contribution in [1.82, 2.24) is 0 Å². The van der Waals surface area contributed by atoms with Crippen LogP contribution < -0.4 is 5.32 Å². The van der Waals surface area contributed by atoms with Crippen molar-refractivity contribution in [3.63, 3.8) is 0 Å². The molecule has 1 rings (SSSR count). The molecule has 1 aromatic carbocycles. The van der Waals surface area contributed by atoms with Gasteiger partial charge >= 0.3 is 0 Å². The number of aliphatic hydroxyl groups excluding tert-OH is 1. The summed E-state index contributed by atoms with van der Waals surface area (Å²) in [6, 6.07) is 4.14. The van der Waals surface area contributed by atoms with Crippen LogP contribution in [0.3, 0.4) is 0 Å². The number of nitrogens with zero attached hydrogens (tertiary/aromatic N) is 1. The number of halogens is 1. The van der Waals surface area contributed by atoms with Gasteiger partial charge < -0.3 is 10.4 Å². The molecule has 0 spiro atoms. The lowest BCUT2D eigenvalue weighted by atomic mass is 10.0. The highest BCUT2D eigenvalue weighted by atomic mass is 35.5. The number of aliphatic hydroxyl groups is 1. The van der Waals surface area contributed by atoms with E-state index in [2.05, 4.69) is 19.2 Å². The van der Waals surface area contributed by atoms with Crippen molar-refractivity contribution in [2.45, 2.75) is 26.3 Å². The number of nitro groups is 1. The molecule has 0 radical (unpaired) electrons. The van der Waals surface area contributed by atoms with E-state index in [0.717, 1.165) is 6.42 Å². The van der Waals surface area contributed by atoms with Crippen LogP contribution in [0.4, 0.5) is 11.4 Å². The molecule has 0 saturated carbocycles. The molecular formula is C12H17ClN2O3. The fourth-order valence-electron chi connectivity index (χ4n) is 1.70. The van der Waals surface area contributed by atoms with E-state index in [0.29, 0.717) is 11.6 Å². The van der Waals surface area contributed by atoms with Crippen molar-refractivity contribution >= 4 is 23.0 Å². The van der Waals surface area contributed by atoms with Crippen molar-refractivity contribution < 1.29 is 10.0 Å². The van der Waals surface area contributed by atoms with Gasteiger partial charge in [0.05, 0.1) is 22.2 Å². The minimum atomic E-state index is -0.493. The Morgan fingerprint density at radius 3 is 2.61 bits per heavy atom. The Balaban J connectivity index is 2.80. The maximum atomic E-state index is 10.6. The van der Waals surface area contributed by atoms with E-state index < -0.39 is 4.92 Å². The number of nitrogens with one attached hydrogen (secondary N) is 1. The second kappa shape index (κ2) is 6.56. The van der Waals surface area contributed by atoms with Crippen LogP contribution in [-0.4, -0.2) is 22.7 Å². The second-order valence-corrected chi connectivity index (χ2v) is 4.98. The molecule has 2 N–H and O–H groups in total. The third-order valence-electron chi connectivity index (χ3n) is 2.50. The van der Waals surface area contributed by atoms with Crippen molar-refractivity contribution in [2.75, 3.05) is 11.9 Å². The molecule has 0 heterocycles. The molecule has 0 saturated heterocycles. The minimum absolute atomic E-state index is 0.00844. The molecule has 5 nitrogen and oxygen atoms in total. The molecule has 18 heavy (non-hydrogen) atoms. The average Bonchev–Trinajstić information content (AvgIpc) is 2.29. The van der Waals surface area contributed by atoms with Gasteiger partial charge in [-0.15, -0.1) is 0 Å². The molecule has 0 fully saturated rings. The number of nitro benzene ring substituents is 1. The molecule has 1 unspecified atom stereocenters. The largest absolute Gasteiger partial charge is 0.394 e. The number of hydrogen-bond acceptors (Lipinski definition) is 4. The third kappa shape index (κ3) is 4.16. The van der Waals surface area contributed by atoms with E-state index in [1.54, 1.807) is 6.07 Å². The van der Waals surface area contributed by atoms with Gasteiger partial charge in [0.2, 0.25) is 0 Å². The summed E-state index contributed by atoms with van der Waals surface area (Å²) in [5.74, 6) is 0.437. The third-order valence-corrected chi connectivity index (χ3v) is 2.81. The maximum absolute atomic E-state index is 10.6. The van der Waals surface area contributed by atoms with Gasteiger partial charge in [-0.1, -0.05) is 25.4 Å². The summed E-state index contributed by atoms with van der Waals surface area (Å²) in [4.78, 5) is 10.1. The molecule has 0 aromatic heterocycles. The summed E-state index contributed by atoms with van der Waals surface area (Å²) >= 11 is 5.96. The van der Waals surface area contributed by atoms with Crippen molar-refractivity contribution in [1.29, 1.82) is 0 Å². The molecule has 1 atom stereocenters. The predicted molar refractivity (Wildman–Crippen MR) is 72.1 cm³/mol.